The number of hydrogen-bond acceptors (Lipinski definition) is 5. The van der Waals surface area contributed by atoms with Crippen molar-refractivity contribution in [2.75, 3.05) is 0 Å². The molecule has 5 fully saturated rings. The molecule has 5 aliphatic rings. The largest absolute Gasteiger partial charge is 0.368 e. The minimum Gasteiger partial charge on any atom is -0.368 e. The summed E-state index contributed by atoms with van der Waals surface area (Å²) < 4.78 is 11.9. The first kappa shape index (κ1) is 13.5. The van der Waals surface area contributed by atoms with Crippen LogP contribution in [0, 0.1) is 23.7 Å². The van der Waals surface area contributed by atoms with Crippen LogP contribution in [0.3, 0.4) is 0 Å². The Bertz CT molecular complexity index is 411. The van der Waals surface area contributed by atoms with Crippen LogP contribution in [0.1, 0.15) is 46.5 Å². The lowest BCUT2D eigenvalue weighted by Crippen LogP contribution is -2.70. The van der Waals surface area contributed by atoms with Crippen molar-refractivity contribution in [2.45, 2.75) is 70.4 Å². The second kappa shape index (κ2) is 4.17. The van der Waals surface area contributed by atoms with Crippen molar-refractivity contribution in [3.05, 3.63) is 0 Å². The van der Waals surface area contributed by atoms with Crippen LogP contribution in [0.15, 0.2) is 0 Å². The predicted molar refractivity (Wildman–Crippen MR) is 69.0 cm³/mol. The third-order valence-electron chi connectivity index (χ3n) is 6.12. The van der Waals surface area contributed by atoms with E-state index >= 15 is 0 Å². The fourth-order valence-electron chi connectivity index (χ4n) is 4.89. The van der Waals surface area contributed by atoms with E-state index in [1.54, 1.807) is 0 Å². The quantitative estimate of drug-likeness (QED) is 0.691. The number of ether oxygens (including phenoxy) is 2. The highest BCUT2D eigenvalue weighted by Gasteiger charge is 2.69. The van der Waals surface area contributed by atoms with E-state index in [1.807, 2.05) is 13.8 Å². The van der Waals surface area contributed by atoms with Gasteiger partial charge in [-0.1, -0.05) is 13.8 Å². The number of fused-ring (bicyclic) bond motifs is 2. The predicted octanol–water partition coefficient (Wildman–Crippen LogP) is 2.19. The molecule has 0 aromatic carbocycles. The van der Waals surface area contributed by atoms with Crippen LogP contribution < -0.4 is 0 Å². The highest BCUT2D eigenvalue weighted by molar-refractivity contribution is 5.08. The lowest BCUT2D eigenvalue weighted by Gasteiger charge is -2.59. The van der Waals surface area contributed by atoms with Gasteiger partial charge >= 0.3 is 0 Å². The summed E-state index contributed by atoms with van der Waals surface area (Å²) in [5, 5.41) is 10.2. The molecule has 8 atom stereocenters. The maximum atomic E-state index is 10.2. The van der Waals surface area contributed by atoms with Crippen molar-refractivity contribution < 1.29 is 24.4 Å². The highest BCUT2D eigenvalue weighted by atomic mass is 17.3. The number of hydrogen-bond donors (Lipinski definition) is 1. The Balaban J connectivity index is 1.82. The van der Waals surface area contributed by atoms with Crippen molar-refractivity contribution in [1.82, 2.24) is 0 Å². The molecule has 5 rings (SSSR count). The van der Waals surface area contributed by atoms with E-state index < -0.39 is 24.0 Å². The SMILES string of the molecule is CC1CC[C@H]2[C@@H](C)C(O)O[C@@H]3OC4(C)CCC1C32OO4. The van der Waals surface area contributed by atoms with E-state index in [0.29, 0.717) is 11.8 Å². The molecule has 0 aromatic heterocycles. The molecule has 20 heavy (non-hydrogen) atoms. The number of aliphatic hydroxyl groups is 1. The van der Waals surface area contributed by atoms with Gasteiger partial charge in [0, 0.05) is 18.3 Å². The average Bonchev–Trinajstić information content (AvgIpc) is 2.63. The summed E-state index contributed by atoms with van der Waals surface area (Å²) in [5.41, 5.74) is -0.549. The molecule has 4 aliphatic heterocycles. The van der Waals surface area contributed by atoms with Gasteiger partial charge in [0.05, 0.1) is 0 Å². The lowest BCUT2D eigenvalue weighted by atomic mass is 9.58. The van der Waals surface area contributed by atoms with Gasteiger partial charge in [-0.3, -0.25) is 0 Å². The molecule has 1 spiro atoms. The second-order valence-corrected chi connectivity index (χ2v) is 7.30. The van der Waals surface area contributed by atoms with Crippen LogP contribution in [0.4, 0.5) is 0 Å². The minimum absolute atomic E-state index is 0.0379. The van der Waals surface area contributed by atoms with Gasteiger partial charge in [-0.05, 0) is 38.0 Å². The molecule has 0 radical (unpaired) electrons. The summed E-state index contributed by atoms with van der Waals surface area (Å²) in [7, 11) is 0. The molecule has 1 saturated carbocycles. The second-order valence-electron chi connectivity index (χ2n) is 7.30. The normalized spacial score (nSPS) is 61.8. The first-order valence-corrected chi connectivity index (χ1v) is 7.84. The zero-order chi connectivity index (χ0) is 14.1. The van der Waals surface area contributed by atoms with Crippen molar-refractivity contribution in [1.29, 1.82) is 0 Å². The first-order chi connectivity index (χ1) is 9.46. The van der Waals surface area contributed by atoms with Crippen LogP contribution in [0.5, 0.6) is 0 Å². The number of aliphatic hydroxyl groups excluding tert-OH is 1. The molecule has 4 saturated heterocycles. The fraction of sp³-hybridized carbons (Fsp3) is 1.00. The Morgan fingerprint density at radius 3 is 2.65 bits per heavy atom. The van der Waals surface area contributed by atoms with Gasteiger partial charge in [0.25, 0.3) is 0 Å². The van der Waals surface area contributed by atoms with E-state index in [1.165, 1.54) is 6.42 Å². The Morgan fingerprint density at radius 2 is 1.85 bits per heavy atom. The van der Waals surface area contributed by atoms with E-state index in [9.17, 15) is 5.11 Å². The Morgan fingerprint density at radius 1 is 1.05 bits per heavy atom. The standard InChI is InChI=1S/C15H24O5/c1-8-4-5-11-9(2)12(16)17-13-15(11)10(8)6-7-14(3,18-13)19-20-15/h8-13,16H,4-7H2,1-3H3/t8?,9-,10?,11+,12?,13-,14?,15?/m1/s1. The highest BCUT2D eigenvalue weighted by Crippen LogP contribution is 2.60. The van der Waals surface area contributed by atoms with E-state index in [0.717, 1.165) is 19.3 Å². The van der Waals surface area contributed by atoms with Crippen molar-refractivity contribution >= 4 is 0 Å². The van der Waals surface area contributed by atoms with Gasteiger partial charge in [0.1, 0.15) is 0 Å². The smallest absolute Gasteiger partial charge is 0.201 e. The summed E-state index contributed by atoms with van der Waals surface area (Å²) in [6.45, 7) is 6.22. The molecule has 5 heteroatoms. The average molecular weight is 284 g/mol. The molecule has 2 bridgehead atoms. The Labute approximate surface area is 119 Å². The van der Waals surface area contributed by atoms with Crippen LogP contribution in [-0.2, 0) is 19.2 Å². The van der Waals surface area contributed by atoms with Gasteiger partial charge in [0.15, 0.2) is 18.2 Å². The summed E-state index contributed by atoms with van der Waals surface area (Å²) in [4.78, 5) is 11.6. The minimum atomic E-state index is -0.781. The van der Waals surface area contributed by atoms with Crippen LogP contribution >= 0.6 is 0 Å². The third-order valence-corrected chi connectivity index (χ3v) is 6.12. The van der Waals surface area contributed by atoms with E-state index in [-0.39, 0.29) is 11.8 Å². The van der Waals surface area contributed by atoms with Gasteiger partial charge in [-0.15, -0.1) is 0 Å². The van der Waals surface area contributed by atoms with Gasteiger partial charge in [-0.2, -0.15) is 0 Å². The van der Waals surface area contributed by atoms with Crippen molar-refractivity contribution in [2.24, 2.45) is 23.7 Å². The van der Waals surface area contributed by atoms with Crippen molar-refractivity contribution in [3.8, 4) is 0 Å². The molecule has 0 aromatic rings. The lowest BCUT2D eigenvalue weighted by molar-refractivity contribution is -0.576. The zero-order valence-corrected chi connectivity index (χ0v) is 12.4. The number of rotatable bonds is 0. The first-order valence-electron chi connectivity index (χ1n) is 7.84. The summed E-state index contributed by atoms with van der Waals surface area (Å²) >= 11 is 0. The summed E-state index contributed by atoms with van der Waals surface area (Å²) in [5.74, 6) is 0.437. The molecule has 5 nitrogen and oxygen atoms in total. The van der Waals surface area contributed by atoms with Crippen LogP contribution in [0.25, 0.3) is 0 Å². The van der Waals surface area contributed by atoms with E-state index in [2.05, 4.69) is 6.92 Å². The topological polar surface area (TPSA) is 57.2 Å². The Hall–Kier alpha value is -0.200. The molecule has 1 aliphatic carbocycles. The van der Waals surface area contributed by atoms with Crippen molar-refractivity contribution in [3.63, 3.8) is 0 Å². The Kier molecular flexibility index (Phi) is 2.81. The molecule has 4 heterocycles. The zero-order valence-electron chi connectivity index (χ0n) is 12.4. The van der Waals surface area contributed by atoms with Gasteiger partial charge in [-0.25, -0.2) is 9.78 Å². The van der Waals surface area contributed by atoms with Crippen LogP contribution in [-0.4, -0.2) is 29.1 Å². The van der Waals surface area contributed by atoms with E-state index in [4.69, 9.17) is 19.2 Å². The van der Waals surface area contributed by atoms with Gasteiger partial charge in [0.2, 0.25) is 5.79 Å². The summed E-state index contributed by atoms with van der Waals surface area (Å²) in [6, 6.07) is 0. The maximum absolute atomic E-state index is 10.2. The molecule has 114 valence electrons. The monoisotopic (exact) mass is 284 g/mol. The maximum Gasteiger partial charge on any atom is 0.201 e. The molecule has 1 N–H and O–H groups in total. The molecular weight excluding hydrogens is 260 g/mol. The molecular formula is C15H24O5. The summed E-state index contributed by atoms with van der Waals surface area (Å²) in [6.07, 6.45) is 2.72. The molecule has 5 unspecified atom stereocenters. The van der Waals surface area contributed by atoms with Gasteiger partial charge < -0.3 is 14.6 Å². The van der Waals surface area contributed by atoms with Crippen LogP contribution in [0.2, 0.25) is 0 Å². The fourth-order valence-corrected chi connectivity index (χ4v) is 4.89. The molecule has 0 amide bonds. The third kappa shape index (κ3) is 1.56.